The molecule has 1 N–H and O–H groups in total. The minimum atomic E-state index is -0.525. The lowest BCUT2D eigenvalue weighted by Gasteiger charge is -2.41. The number of nitrogens with zero attached hydrogens (tertiary/aromatic N) is 1. The second-order valence-corrected chi connectivity index (χ2v) is 7.24. The van der Waals surface area contributed by atoms with Gasteiger partial charge in [-0.1, -0.05) is 67.6 Å². The van der Waals surface area contributed by atoms with Crippen molar-refractivity contribution in [2.45, 2.75) is 44.3 Å². The number of hydrogen-bond donors (Lipinski definition) is 1. The number of ether oxygens (including phenoxy) is 1. The van der Waals surface area contributed by atoms with E-state index in [4.69, 9.17) is 4.74 Å². The van der Waals surface area contributed by atoms with Gasteiger partial charge in [0.25, 0.3) is 0 Å². The Morgan fingerprint density at radius 2 is 1.67 bits per heavy atom. The Kier molecular flexibility index (Phi) is 6.64. The average molecular weight is 367 g/mol. The van der Waals surface area contributed by atoms with Crippen LogP contribution in [0.2, 0.25) is 0 Å². The molecule has 0 spiro atoms. The normalized spacial score (nSPS) is 18.0. The first-order chi connectivity index (χ1) is 13.1. The van der Waals surface area contributed by atoms with E-state index >= 15 is 0 Å². The van der Waals surface area contributed by atoms with Crippen LogP contribution >= 0.6 is 0 Å². The number of aliphatic hydroxyl groups is 1. The molecule has 1 unspecified atom stereocenters. The Bertz CT molecular complexity index is 709. The van der Waals surface area contributed by atoms with Crippen LogP contribution in [-0.4, -0.2) is 35.6 Å². The summed E-state index contributed by atoms with van der Waals surface area (Å²) in [6.07, 6.45) is 2.22. The summed E-state index contributed by atoms with van der Waals surface area (Å²) in [5.74, 6) is -0.146. The molecule has 0 aliphatic carbocycles. The molecule has 0 amide bonds. The van der Waals surface area contributed by atoms with Crippen LogP contribution in [0.3, 0.4) is 0 Å². The standard InChI is InChI=1S/C23H29NO3/c1-2-22(26)27-23(20-11-7-4-8-12-20)14-17-24(18-15-23)16-13-21(25)19-9-5-3-6-10-19/h3-12,21,25H,2,13-18H2,1H3. The number of benzene rings is 2. The third-order valence-corrected chi connectivity index (χ3v) is 5.46. The first kappa shape index (κ1) is 19.6. The van der Waals surface area contributed by atoms with Crippen molar-refractivity contribution >= 4 is 5.97 Å². The van der Waals surface area contributed by atoms with Gasteiger partial charge in [0, 0.05) is 38.9 Å². The van der Waals surface area contributed by atoms with Gasteiger partial charge >= 0.3 is 5.97 Å². The van der Waals surface area contributed by atoms with Crippen molar-refractivity contribution in [2.24, 2.45) is 0 Å². The number of piperidine rings is 1. The van der Waals surface area contributed by atoms with Gasteiger partial charge in [0.2, 0.25) is 0 Å². The lowest BCUT2D eigenvalue weighted by atomic mass is 9.84. The van der Waals surface area contributed by atoms with Gasteiger partial charge in [-0.05, 0) is 17.5 Å². The van der Waals surface area contributed by atoms with Crippen LogP contribution in [0, 0.1) is 0 Å². The largest absolute Gasteiger partial charge is 0.454 e. The fourth-order valence-electron chi connectivity index (χ4n) is 3.77. The van der Waals surface area contributed by atoms with E-state index in [1.165, 1.54) is 0 Å². The van der Waals surface area contributed by atoms with E-state index in [9.17, 15) is 9.90 Å². The van der Waals surface area contributed by atoms with E-state index in [0.29, 0.717) is 12.8 Å². The molecule has 1 aliphatic rings. The highest BCUT2D eigenvalue weighted by Crippen LogP contribution is 2.37. The van der Waals surface area contributed by atoms with Crippen LogP contribution in [0.15, 0.2) is 60.7 Å². The molecule has 2 aromatic carbocycles. The predicted molar refractivity (Wildman–Crippen MR) is 106 cm³/mol. The molecule has 1 heterocycles. The summed E-state index contributed by atoms with van der Waals surface area (Å²) in [4.78, 5) is 14.4. The molecule has 144 valence electrons. The highest BCUT2D eigenvalue weighted by Gasteiger charge is 2.39. The minimum Gasteiger partial charge on any atom is -0.454 e. The van der Waals surface area contributed by atoms with Crippen molar-refractivity contribution in [3.8, 4) is 0 Å². The molecule has 3 rings (SSSR count). The first-order valence-electron chi connectivity index (χ1n) is 9.86. The molecule has 1 aliphatic heterocycles. The number of carbonyl (C=O) groups excluding carboxylic acids is 1. The predicted octanol–water partition coefficient (Wildman–Crippen LogP) is 4.05. The Hall–Kier alpha value is -2.17. The van der Waals surface area contributed by atoms with E-state index in [1.807, 2.05) is 55.5 Å². The van der Waals surface area contributed by atoms with Crippen molar-refractivity contribution in [1.29, 1.82) is 0 Å². The third kappa shape index (κ3) is 4.96. The molecule has 0 radical (unpaired) electrons. The van der Waals surface area contributed by atoms with Crippen LogP contribution in [0.25, 0.3) is 0 Å². The van der Waals surface area contributed by atoms with E-state index in [-0.39, 0.29) is 5.97 Å². The molecule has 1 saturated heterocycles. The summed E-state index contributed by atoms with van der Waals surface area (Å²) in [5, 5.41) is 10.4. The molecule has 0 bridgehead atoms. The van der Waals surface area contributed by atoms with Crippen molar-refractivity contribution in [3.63, 3.8) is 0 Å². The lowest BCUT2D eigenvalue weighted by Crippen LogP contribution is -2.45. The van der Waals surface area contributed by atoms with Crippen molar-refractivity contribution < 1.29 is 14.6 Å². The van der Waals surface area contributed by atoms with Crippen LogP contribution < -0.4 is 0 Å². The van der Waals surface area contributed by atoms with Gasteiger partial charge in [0.1, 0.15) is 5.60 Å². The zero-order valence-electron chi connectivity index (χ0n) is 16.0. The number of hydrogen-bond acceptors (Lipinski definition) is 4. The summed E-state index contributed by atoms with van der Waals surface area (Å²) in [6.45, 7) is 4.38. The van der Waals surface area contributed by atoms with E-state index in [1.54, 1.807) is 0 Å². The maximum absolute atomic E-state index is 12.0. The van der Waals surface area contributed by atoms with Crippen molar-refractivity contribution in [2.75, 3.05) is 19.6 Å². The van der Waals surface area contributed by atoms with Crippen LogP contribution in [0.5, 0.6) is 0 Å². The maximum Gasteiger partial charge on any atom is 0.306 e. The highest BCUT2D eigenvalue weighted by molar-refractivity contribution is 5.69. The lowest BCUT2D eigenvalue weighted by molar-refractivity contribution is -0.166. The van der Waals surface area contributed by atoms with Crippen LogP contribution in [0.4, 0.5) is 0 Å². The fraction of sp³-hybridized carbons (Fsp3) is 0.435. The summed E-state index contributed by atoms with van der Waals surface area (Å²) >= 11 is 0. The average Bonchev–Trinajstić information content (AvgIpc) is 2.74. The smallest absolute Gasteiger partial charge is 0.306 e. The summed E-state index contributed by atoms with van der Waals surface area (Å²) < 4.78 is 5.94. The summed E-state index contributed by atoms with van der Waals surface area (Å²) in [6, 6.07) is 19.9. The summed E-state index contributed by atoms with van der Waals surface area (Å²) in [5.41, 5.74) is 1.52. The number of carbonyl (C=O) groups is 1. The molecular formula is C23H29NO3. The van der Waals surface area contributed by atoms with E-state index in [2.05, 4.69) is 17.0 Å². The molecule has 0 saturated carbocycles. The van der Waals surface area contributed by atoms with Gasteiger partial charge in [-0.2, -0.15) is 0 Å². The van der Waals surface area contributed by atoms with E-state index < -0.39 is 11.7 Å². The fourth-order valence-corrected chi connectivity index (χ4v) is 3.77. The molecule has 4 heteroatoms. The van der Waals surface area contributed by atoms with Gasteiger partial charge in [-0.3, -0.25) is 4.79 Å². The Balaban J connectivity index is 1.60. The zero-order valence-corrected chi connectivity index (χ0v) is 16.0. The number of rotatable bonds is 7. The topological polar surface area (TPSA) is 49.8 Å². The second kappa shape index (κ2) is 9.16. The maximum atomic E-state index is 12.0. The Morgan fingerprint density at radius 1 is 1.07 bits per heavy atom. The molecule has 27 heavy (non-hydrogen) atoms. The van der Waals surface area contributed by atoms with Crippen LogP contribution in [0.1, 0.15) is 49.8 Å². The minimum absolute atomic E-state index is 0.146. The Labute approximate surface area is 161 Å². The van der Waals surface area contributed by atoms with Gasteiger partial charge in [0.05, 0.1) is 6.10 Å². The molecular weight excluding hydrogens is 338 g/mol. The molecule has 1 fully saturated rings. The van der Waals surface area contributed by atoms with Gasteiger partial charge in [0.15, 0.2) is 0 Å². The van der Waals surface area contributed by atoms with Gasteiger partial charge in [-0.15, -0.1) is 0 Å². The third-order valence-electron chi connectivity index (χ3n) is 5.46. The van der Waals surface area contributed by atoms with Gasteiger partial charge < -0.3 is 14.7 Å². The SMILES string of the molecule is CCC(=O)OC1(c2ccccc2)CCN(CCC(O)c2ccccc2)CC1. The molecule has 4 nitrogen and oxygen atoms in total. The second-order valence-electron chi connectivity index (χ2n) is 7.24. The molecule has 0 aromatic heterocycles. The van der Waals surface area contributed by atoms with Crippen molar-refractivity contribution in [1.82, 2.24) is 4.90 Å². The monoisotopic (exact) mass is 367 g/mol. The Morgan fingerprint density at radius 3 is 2.26 bits per heavy atom. The summed E-state index contributed by atoms with van der Waals surface area (Å²) in [7, 11) is 0. The van der Waals surface area contributed by atoms with E-state index in [0.717, 1.165) is 43.6 Å². The number of aliphatic hydroxyl groups excluding tert-OH is 1. The van der Waals surface area contributed by atoms with Crippen LogP contribution in [-0.2, 0) is 15.1 Å². The molecule has 2 aromatic rings. The number of esters is 1. The first-order valence-corrected chi connectivity index (χ1v) is 9.86. The highest BCUT2D eigenvalue weighted by atomic mass is 16.6. The molecule has 1 atom stereocenters. The van der Waals surface area contributed by atoms with Crippen molar-refractivity contribution in [3.05, 3.63) is 71.8 Å². The van der Waals surface area contributed by atoms with Gasteiger partial charge in [-0.25, -0.2) is 0 Å². The quantitative estimate of drug-likeness (QED) is 0.750. The number of likely N-dealkylation sites (tertiary alicyclic amines) is 1. The zero-order chi connectivity index (χ0) is 19.1.